The van der Waals surface area contributed by atoms with Crippen molar-refractivity contribution in [3.8, 4) is 0 Å². The van der Waals surface area contributed by atoms with Gasteiger partial charge >= 0.3 is 0 Å². The molecule has 1 aliphatic rings. The number of carbonyl (C=O) groups excluding carboxylic acids is 1. The van der Waals surface area contributed by atoms with E-state index in [1.807, 2.05) is 24.3 Å². The van der Waals surface area contributed by atoms with E-state index in [0.717, 1.165) is 49.7 Å². The number of nitrogens with one attached hydrogen (secondary N) is 1. The van der Waals surface area contributed by atoms with Crippen LogP contribution >= 0.6 is 0 Å². The van der Waals surface area contributed by atoms with E-state index in [0.29, 0.717) is 0 Å². The molecule has 146 valence electrons. The van der Waals surface area contributed by atoms with E-state index < -0.39 is 4.92 Å². The van der Waals surface area contributed by atoms with E-state index in [4.69, 9.17) is 0 Å². The first kappa shape index (κ1) is 19.6. The second-order valence-corrected chi connectivity index (χ2v) is 6.61. The summed E-state index contributed by atoms with van der Waals surface area (Å²) in [5, 5.41) is 13.6. The molecule has 1 aliphatic heterocycles. The van der Waals surface area contributed by atoms with E-state index in [1.54, 1.807) is 18.2 Å². The van der Waals surface area contributed by atoms with Gasteiger partial charge in [-0.25, -0.2) is 0 Å². The summed E-state index contributed by atoms with van der Waals surface area (Å²) in [6.45, 7) is 7.11. The Hall–Kier alpha value is -3.19. The van der Waals surface area contributed by atoms with Crippen molar-refractivity contribution >= 4 is 29.0 Å². The number of likely N-dealkylation sites (N-methyl/N-ethyl adjacent to an activating group) is 1. The van der Waals surface area contributed by atoms with Gasteiger partial charge in [0, 0.05) is 44.4 Å². The number of nitrogens with zero attached hydrogens (tertiary/aromatic N) is 3. The Kier molecular flexibility index (Phi) is 6.39. The average Bonchev–Trinajstić information content (AvgIpc) is 2.73. The third-order valence-electron chi connectivity index (χ3n) is 4.85. The summed E-state index contributed by atoms with van der Waals surface area (Å²) >= 11 is 0. The Morgan fingerprint density at radius 2 is 1.79 bits per heavy atom. The number of rotatable bonds is 6. The lowest BCUT2D eigenvalue weighted by atomic mass is 10.2. The second kappa shape index (κ2) is 9.14. The molecule has 1 amide bonds. The predicted octanol–water partition coefficient (Wildman–Crippen LogP) is 3.39. The van der Waals surface area contributed by atoms with Gasteiger partial charge in [-0.2, -0.15) is 0 Å². The van der Waals surface area contributed by atoms with Crippen molar-refractivity contribution in [2.24, 2.45) is 0 Å². The average molecular weight is 380 g/mol. The molecule has 2 aromatic rings. The lowest BCUT2D eigenvalue weighted by Gasteiger charge is -2.36. The Bertz CT molecular complexity index is 856. The van der Waals surface area contributed by atoms with Crippen LogP contribution in [0.3, 0.4) is 0 Å². The third kappa shape index (κ3) is 4.95. The molecule has 0 aliphatic carbocycles. The third-order valence-corrected chi connectivity index (χ3v) is 4.85. The van der Waals surface area contributed by atoms with Crippen molar-refractivity contribution in [3.63, 3.8) is 0 Å². The van der Waals surface area contributed by atoms with Crippen LogP contribution in [0.1, 0.15) is 12.5 Å². The Morgan fingerprint density at radius 3 is 2.43 bits per heavy atom. The largest absolute Gasteiger partial charge is 0.367 e. The number of carbonyl (C=O) groups is 1. The minimum absolute atomic E-state index is 0.0266. The highest BCUT2D eigenvalue weighted by Gasteiger charge is 2.18. The molecule has 1 fully saturated rings. The quantitative estimate of drug-likeness (QED) is 0.472. The highest BCUT2D eigenvalue weighted by atomic mass is 16.6. The molecule has 7 heteroatoms. The molecule has 0 radical (unpaired) electrons. The standard InChI is InChI=1S/C21H24N4O3/c1-2-23-13-15-24(16-14-23)20-6-4-3-5-19(20)22-21(26)12-9-17-7-10-18(11-8-17)25(27)28/h3-12H,2,13-16H2,1H3,(H,22,26)/b12-9+. The molecule has 7 nitrogen and oxygen atoms in total. The molecular weight excluding hydrogens is 356 g/mol. The van der Waals surface area contributed by atoms with Gasteiger partial charge in [-0.1, -0.05) is 19.1 Å². The van der Waals surface area contributed by atoms with Crippen LogP contribution in [0.4, 0.5) is 17.1 Å². The number of para-hydroxylation sites is 2. The van der Waals surface area contributed by atoms with Crippen molar-refractivity contribution in [1.29, 1.82) is 0 Å². The van der Waals surface area contributed by atoms with E-state index in [2.05, 4.69) is 22.0 Å². The molecule has 0 spiro atoms. The number of anilines is 2. The maximum absolute atomic E-state index is 12.4. The zero-order chi connectivity index (χ0) is 19.9. The molecule has 28 heavy (non-hydrogen) atoms. The van der Waals surface area contributed by atoms with Crippen LogP contribution < -0.4 is 10.2 Å². The summed E-state index contributed by atoms with van der Waals surface area (Å²) in [6.07, 6.45) is 3.08. The minimum Gasteiger partial charge on any atom is -0.367 e. The smallest absolute Gasteiger partial charge is 0.269 e. The Morgan fingerprint density at radius 1 is 1.11 bits per heavy atom. The van der Waals surface area contributed by atoms with Crippen molar-refractivity contribution in [2.45, 2.75) is 6.92 Å². The Balaban J connectivity index is 1.65. The summed E-state index contributed by atoms with van der Waals surface area (Å²) < 4.78 is 0. The second-order valence-electron chi connectivity index (χ2n) is 6.61. The van der Waals surface area contributed by atoms with Gasteiger partial charge in [0.15, 0.2) is 0 Å². The molecule has 3 rings (SSSR count). The minimum atomic E-state index is -0.447. The molecule has 0 bridgehead atoms. The van der Waals surface area contributed by atoms with Gasteiger partial charge in [-0.05, 0) is 42.4 Å². The first-order valence-electron chi connectivity index (χ1n) is 9.36. The topological polar surface area (TPSA) is 78.7 Å². The molecule has 0 unspecified atom stereocenters. The van der Waals surface area contributed by atoms with Crippen LogP contribution in [0.15, 0.2) is 54.6 Å². The van der Waals surface area contributed by atoms with Crippen molar-refractivity contribution in [3.05, 3.63) is 70.3 Å². The molecule has 1 N–H and O–H groups in total. The molecule has 1 heterocycles. The summed E-state index contributed by atoms with van der Waals surface area (Å²) in [5.41, 5.74) is 2.56. The van der Waals surface area contributed by atoms with E-state index >= 15 is 0 Å². The summed E-state index contributed by atoms with van der Waals surface area (Å²) in [7, 11) is 0. The zero-order valence-corrected chi connectivity index (χ0v) is 15.9. The number of amides is 1. The van der Waals surface area contributed by atoms with E-state index in [-0.39, 0.29) is 11.6 Å². The number of non-ortho nitro benzene ring substituents is 1. The highest BCUT2D eigenvalue weighted by molar-refractivity contribution is 6.03. The van der Waals surface area contributed by atoms with Crippen LogP contribution in [0.2, 0.25) is 0 Å². The summed E-state index contributed by atoms with van der Waals surface area (Å²) in [5.74, 6) is -0.238. The molecule has 2 aromatic carbocycles. The molecule has 0 atom stereocenters. The lowest BCUT2D eigenvalue weighted by Crippen LogP contribution is -2.46. The van der Waals surface area contributed by atoms with Crippen LogP contribution in [-0.4, -0.2) is 48.5 Å². The molecule has 1 saturated heterocycles. The van der Waals surface area contributed by atoms with Gasteiger partial charge in [0.05, 0.1) is 16.3 Å². The van der Waals surface area contributed by atoms with E-state index in [9.17, 15) is 14.9 Å². The fourth-order valence-electron chi connectivity index (χ4n) is 3.21. The summed E-state index contributed by atoms with van der Waals surface area (Å²) in [6, 6.07) is 13.9. The zero-order valence-electron chi connectivity index (χ0n) is 15.9. The van der Waals surface area contributed by atoms with Crippen LogP contribution in [0.25, 0.3) is 6.08 Å². The monoisotopic (exact) mass is 380 g/mol. The lowest BCUT2D eigenvalue weighted by molar-refractivity contribution is -0.384. The number of nitro benzene ring substituents is 1. The van der Waals surface area contributed by atoms with Gasteiger partial charge in [0.25, 0.3) is 5.69 Å². The molecular formula is C21H24N4O3. The predicted molar refractivity (Wildman–Crippen MR) is 112 cm³/mol. The normalized spacial score (nSPS) is 15.0. The molecule has 0 saturated carbocycles. The number of nitro groups is 1. The maximum Gasteiger partial charge on any atom is 0.269 e. The van der Waals surface area contributed by atoms with Gasteiger partial charge in [-0.3, -0.25) is 14.9 Å². The number of hydrogen-bond donors (Lipinski definition) is 1. The van der Waals surface area contributed by atoms with Gasteiger partial charge < -0.3 is 15.1 Å². The summed E-state index contributed by atoms with van der Waals surface area (Å²) in [4.78, 5) is 27.3. The van der Waals surface area contributed by atoms with Gasteiger partial charge in [0.2, 0.25) is 5.91 Å². The number of piperazine rings is 1. The van der Waals surface area contributed by atoms with E-state index in [1.165, 1.54) is 18.2 Å². The number of hydrogen-bond acceptors (Lipinski definition) is 5. The SMILES string of the molecule is CCN1CCN(c2ccccc2NC(=O)/C=C/c2ccc([N+](=O)[O-])cc2)CC1. The Labute approximate surface area is 164 Å². The van der Waals surface area contributed by atoms with Crippen LogP contribution in [-0.2, 0) is 4.79 Å². The van der Waals surface area contributed by atoms with Crippen molar-refractivity contribution in [2.75, 3.05) is 42.9 Å². The highest BCUT2D eigenvalue weighted by Crippen LogP contribution is 2.26. The number of benzene rings is 2. The fraction of sp³-hybridized carbons (Fsp3) is 0.286. The van der Waals surface area contributed by atoms with Crippen LogP contribution in [0, 0.1) is 10.1 Å². The fourth-order valence-corrected chi connectivity index (χ4v) is 3.21. The van der Waals surface area contributed by atoms with Gasteiger partial charge in [-0.15, -0.1) is 0 Å². The van der Waals surface area contributed by atoms with Crippen LogP contribution in [0.5, 0.6) is 0 Å². The first-order valence-corrected chi connectivity index (χ1v) is 9.36. The first-order chi connectivity index (χ1) is 13.6. The maximum atomic E-state index is 12.4. The van der Waals surface area contributed by atoms with Crippen molar-refractivity contribution in [1.82, 2.24) is 4.90 Å². The van der Waals surface area contributed by atoms with Crippen molar-refractivity contribution < 1.29 is 9.72 Å². The van der Waals surface area contributed by atoms with Gasteiger partial charge in [0.1, 0.15) is 0 Å². The molecule has 0 aromatic heterocycles.